The third kappa shape index (κ3) is 2.63. The van der Waals surface area contributed by atoms with Gasteiger partial charge in [-0.15, -0.1) is 11.6 Å². The lowest BCUT2D eigenvalue weighted by Crippen LogP contribution is -2.11. The van der Waals surface area contributed by atoms with Gasteiger partial charge in [0.2, 0.25) is 0 Å². The van der Waals surface area contributed by atoms with Gasteiger partial charge in [0.05, 0.1) is 22.5 Å². The van der Waals surface area contributed by atoms with Gasteiger partial charge in [-0.3, -0.25) is 4.98 Å². The number of imidazole rings is 1. The van der Waals surface area contributed by atoms with E-state index in [-0.39, 0.29) is 11.4 Å². The molecule has 0 saturated heterocycles. The third-order valence-corrected chi connectivity index (χ3v) is 4.02. The van der Waals surface area contributed by atoms with Gasteiger partial charge >= 0.3 is 0 Å². The fourth-order valence-corrected chi connectivity index (χ4v) is 2.86. The Bertz CT molecular complexity index is 766. The van der Waals surface area contributed by atoms with Crippen LogP contribution in [0.25, 0.3) is 11.0 Å². The topological polar surface area (TPSA) is 30.7 Å². The maximum Gasteiger partial charge on any atom is 0.128 e. The molecule has 0 fully saturated rings. The van der Waals surface area contributed by atoms with Crippen molar-refractivity contribution >= 4 is 34.2 Å². The maximum atomic E-state index is 6.32. The van der Waals surface area contributed by atoms with E-state index in [1.165, 1.54) is 0 Å². The first-order valence-electron chi connectivity index (χ1n) is 6.79. The molecule has 2 aromatic heterocycles. The molecule has 0 N–H and O–H groups in total. The van der Waals surface area contributed by atoms with Crippen molar-refractivity contribution in [3.05, 3.63) is 59.1 Å². The molecule has 2 atom stereocenters. The molecule has 0 aliphatic rings. The van der Waals surface area contributed by atoms with E-state index in [2.05, 4.69) is 27.5 Å². The number of benzene rings is 1. The van der Waals surface area contributed by atoms with E-state index in [4.69, 9.17) is 23.2 Å². The number of fused-ring (bicyclic) bond motifs is 1. The summed E-state index contributed by atoms with van der Waals surface area (Å²) in [6, 6.07) is 9.77. The van der Waals surface area contributed by atoms with Crippen molar-refractivity contribution in [3.63, 3.8) is 0 Å². The second-order valence-corrected chi connectivity index (χ2v) is 6.14. The number of hydrogen-bond donors (Lipinski definition) is 0. The van der Waals surface area contributed by atoms with Crippen molar-refractivity contribution in [2.45, 2.75) is 25.3 Å². The second-order valence-electron chi connectivity index (χ2n) is 5.05. The van der Waals surface area contributed by atoms with Crippen molar-refractivity contribution in [1.82, 2.24) is 14.5 Å². The van der Waals surface area contributed by atoms with Crippen LogP contribution in [-0.4, -0.2) is 14.5 Å². The van der Waals surface area contributed by atoms with Gasteiger partial charge in [-0.05, 0) is 43.7 Å². The number of halogens is 2. The van der Waals surface area contributed by atoms with Gasteiger partial charge in [0, 0.05) is 17.4 Å². The zero-order chi connectivity index (χ0) is 15.0. The van der Waals surface area contributed by atoms with Crippen LogP contribution >= 0.6 is 23.2 Å². The van der Waals surface area contributed by atoms with E-state index < -0.39 is 0 Å². The summed E-state index contributed by atoms with van der Waals surface area (Å²) in [5.74, 6) is 0.838. The molecule has 0 saturated carbocycles. The predicted octanol–water partition coefficient (Wildman–Crippen LogP) is 4.99. The van der Waals surface area contributed by atoms with E-state index in [1.807, 2.05) is 37.4 Å². The van der Waals surface area contributed by atoms with Crippen LogP contribution in [0.3, 0.4) is 0 Å². The summed E-state index contributed by atoms with van der Waals surface area (Å²) in [5.41, 5.74) is 2.99. The minimum absolute atomic E-state index is 0.0818. The van der Waals surface area contributed by atoms with E-state index in [0.29, 0.717) is 5.02 Å². The molecule has 2 unspecified atom stereocenters. The Balaban J connectivity index is 2.24. The van der Waals surface area contributed by atoms with E-state index in [1.54, 1.807) is 6.20 Å². The average Bonchev–Trinajstić information content (AvgIpc) is 2.86. The van der Waals surface area contributed by atoms with Gasteiger partial charge in [0.1, 0.15) is 5.82 Å². The van der Waals surface area contributed by atoms with Crippen molar-refractivity contribution in [2.24, 2.45) is 0 Å². The largest absolute Gasteiger partial charge is 0.319 e. The molecule has 21 heavy (non-hydrogen) atoms. The number of rotatable bonds is 3. The number of alkyl halides is 1. The predicted molar refractivity (Wildman–Crippen MR) is 87.1 cm³/mol. The second kappa shape index (κ2) is 5.66. The molecule has 0 aliphatic heterocycles. The van der Waals surface area contributed by atoms with Gasteiger partial charge in [0.25, 0.3) is 0 Å². The molecule has 0 radical (unpaired) electrons. The Kier molecular flexibility index (Phi) is 3.87. The summed E-state index contributed by atoms with van der Waals surface area (Å²) < 4.78 is 2.13. The van der Waals surface area contributed by atoms with Crippen molar-refractivity contribution in [3.8, 4) is 0 Å². The highest BCUT2D eigenvalue weighted by Crippen LogP contribution is 2.31. The molecule has 0 amide bonds. The molecule has 2 heterocycles. The minimum Gasteiger partial charge on any atom is -0.319 e. The Morgan fingerprint density at radius 1 is 1.19 bits per heavy atom. The standard InChI is InChI=1S/C16H15Cl2N3/c1-10(17)16-20-14-6-5-13(18)8-15(14)21(16)11(2)12-4-3-7-19-9-12/h3-11H,1-2H3. The lowest BCUT2D eigenvalue weighted by atomic mass is 10.1. The van der Waals surface area contributed by atoms with Crippen LogP contribution in [0.2, 0.25) is 5.02 Å². The Morgan fingerprint density at radius 2 is 2.00 bits per heavy atom. The molecule has 3 aromatic rings. The Hall–Kier alpha value is -1.58. The monoisotopic (exact) mass is 319 g/mol. The zero-order valence-corrected chi connectivity index (χ0v) is 13.3. The highest BCUT2D eigenvalue weighted by molar-refractivity contribution is 6.31. The summed E-state index contributed by atoms with van der Waals surface area (Å²) in [6.45, 7) is 4.04. The Labute approximate surface area is 133 Å². The normalized spacial score (nSPS) is 14.3. The quantitative estimate of drug-likeness (QED) is 0.636. The van der Waals surface area contributed by atoms with Crippen LogP contribution in [0.1, 0.15) is 36.7 Å². The van der Waals surface area contributed by atoms with Crippen LogP contribution in [0.4, 0.5) is 0 Å². The molecule has 3 nitrogen and oxygen atoms in total. The summed E-state index contributed by atoms with van der Waals surface area (Å²) >= 11 is 12.5. The highest BCUT2D eigenvalue weighted by Gasteiger charge is 2.20. The number of aromatic nitrogens is 3. The van der Waals surface area contributed by atoms with Crippen molar-refractivity contribution in [2.75, 3.05) is 0 Å². The van der Waals surface area contributed by atoms with E-state index in [0.717, 1.165) is 22.4 Å². The summed E-state index contributed by atoms with van der Waals surface area (Å²) in [6.07, 6.45) is 3.63. The highest BCUT2D eigenvalue weighted by atomic mass is 35.5. The molecule has 5 heteroatoms. The third-order valence-electron chi connectivity index (χ3n) is 3.59. The lowest BCUT2D eigenvalue weighted by molar-refractivity contribution is 0.616. The van der Waals surface area contributed by atoms with Gasteiger partial charge in [0.15, 0.2) is 0 Å². The fraction of sp³-hybridized carbons (Fsp3) is 0.250. The van der Waals surface area contributed by atoms with Gasteiger partial charge < -0.3 is 4.57 Å². The first kappa shape index (κ1) is 14.4. The molecular weight excluding hydrogens is 305 g/mol. The van der Waals surface area contributed by atoms with Crippen molar-refractivity contribution < 1.29 is 0 Å². The van der Waals surface area contributed by atoms with Gasteiger partial charge in [-0.1, -0.05) is 17.7 Å². The molecular formula is C16H15Cl2N3. The van der Waals surface area contributed by atoms with Crippen molar-refractivity contribution in [1.29, 1.82) is 0 Å². The fourth-order valence-electron chi connectivity index (χ4n) is 2.54. The molecule has 1 aromatic carbocycles. The van der Waals surface area contributed by atoms with Gasteiger partial charge in [-0.25, -0.2) is 4.98 Å². The number of nitrogens with zero attached hydrogens (tertiary/aromatic N) is 3. The summed E-state index contributed by atoms with van der Waals surface area (Å²) in [5, 5.41) is 0.506. The maximum absolute atomic E-state index is 6.32. The average molecular weight is 320 g/mol. The molecule has 108 valence electrons. The molecule has 0 aliphatic carbocycles. The number of hydrogen-bond acceptors (Lipinski definition) is 2. The minimum atomic E-state index is -0.185. The van der Waals surface area contributed by atoms with Crippen LogP contribution in [0.5, 0.6) is 0 Å². The van der Waals surface area contributed by atoms with Gasteiger partial charge in [-0.2, -0.15) is 0 Å². The zero-order valence-electron chi connectivity index (χ0n) is 11.8. The molecule has 0 spiro atoms. The first-order chi connectivity index (χ1) is 10.1. The van der Waals surface area contributed by atoms with Crippen LogP contribution in [0.15, 0.2) is 42.7 Å². The smallest absolute Gasteiger partial charge is 0.128 e. The SMILES string of the molecule is CC(Cl)c1nc2ccc(Cl)cc2n1C(C)c1cccnc1. The van der Waals surface area contributed by atoms with E-state index >= 15 is 0 Å². The lowest BCUT2D eigenvalue weighted by Gasteiger charge is -2.18. The first-order valence-corrected chi connectivity index (χ1v) is 7.60. The van der Waals surface area contributed by atoms with Crippen LogP contribution in [-0.2, 0) is 0 Å². The molecule has 0 bridgehead atoms. The van der Waals surface area contributed by atoms with E-state index in [9.17, 15) is 0 Å². The number of pyridine rings is 1. The molecule has 3 rings (SSSR count). The summed E-state index contributed by atoms with van der Waals surface area (Å²) in [4.78, 5) is 8.85. The Morgan fingerprint density at radius 3 is 2.67 bits per heavy atom. The van der Waals surface area contributed by atoms with Crippen LogP contribution < -0.4 is 0 Å². The summed E-state index contributed by atoms with van der Waals surface area (Å²) in [7, 11) is 0. The van der Waals surface area contributed by atoms with Crippen LogP contribution in [0, 0.1) is 0 Å².